The number of anilines is 2. The molecule has 0 aliphatic carbocycles. The molecule has 3 aromatic rings. The van der Waals surface area contributed by atoms with E-state index >= 15 is 0 Å². The fourth-order valence-corrected chi connectivity index (χ4v) is 5.22. The van der Waals surface area contributed by atoms with Crippen molar-refractivity contribution in [2.24, 2.45) is 32.7 Å². The van der Waals surface area contributed by atoms with Gasteiger partial charge < -0.3 is 39.9 Å². The molecule has 0 atom stereocenters. The summed E-state index contributed by atoms with van der Waals surface area (Å²) in [5.74, 6) is 51.5. The summed E-state index contributed by atoms with van der Waals surface area (Å²) in [6, 6.07) is 3.90. The first-order valence-electron chi connectivity index (χ1n) is 16.7. The molecule has 4 rings (SSSR count). The molecule has 0 bridgehead atoms. The average Bonchev–Trinajstić information content (AvgIpc) is 3.66. The number of hydrogen-bond donors (Lipinski definition) is 5. The number of pyridine rings is 1. The SMILES string of the molecule is CC#CC#CC#CC#CC#CC#CC#CC#CC#CC.CN1CCC(CNc2nccnc2C(=O)NCc2cc3c(N)nccc3s2)CC1.NN=NN=NN[N+](=O)[S-].[HH].[HH].[HH].[HH].[HH].[HH].[HH].[HH].[HH]. The van der Waals surface area contributed by atoms with Crippen LogP contribution in [0.5, 0.6) is 0 Å². The van der Waals surface area contributed by atoms with Gasteiger partial charge in [-0.2, -0.15) is 0 Å². The molecular weight excluding hydrogens is 773 g/mol. The van der Waals surface area contributed by atoms with E-state index in [0.29, 0.717) is 29.8 Å². The van der Waals surface area contributed by atoms with Gasteiger partial charge in [0, 0.05) is 58.2 Å². The van der Waals surface area contributed by atoms with Crippen molar-refractivity contribution in [2.75, 3.05) is 37.7 Å². The molecule has 58 heavy (non-hydrogen) atoms. The summed E-state index contributed by atoms with van der Waals surface area (Å²) >= 11 is 5.53. The molecule has 7 N–H and O–H groups in total. The molecule has 1 aliphatic rings. The van der Waals surface area contributed by atoms with Crippen molar-refractivity contribution >= 4 is 51.8 Å². The van der Waals surface area contributed by atoms with E-state index in [0.717, 1.165) is 47.4 Å². The van der Waals surface area contributed by atoms with Gasteiger partial charge in [-0.05, 0) is 165 Å². The number of hydrogen-bond acceptors (Lipinski definition) is 12. The number of fused-ring (bicyclic) bond motifs is 1. The molecule has 1 amide bonds. The van der Waals surface area contributed by atoms with Gasteiger partial charge >= 0.3 is 0 Å². The van der Waals surface area contributed by atoms with Gasteiger partial charge in [0.25, 0.3) is 5.91 Å². The number of nitrogens with zero attached hydrogens (tertiary/aromatic N) is 9. The lowest BCUT2D eigenvalue weighted by atomic mass is 9.97. The lowest BCUT2D eigenvalue weighted by Gasteiger charge is -2.29. The van der Waals surface area contributed by atoms with Crippen LogP contribution in [-0.2, 0) is 19.4 Å². The summed E-state index contributed by atoms with van der Waals surface area (Å²) < 4.78 is 0.983. The minimum absolute atomic E-state index is 0. The Balaban J connectivity index is -0.000000136. The molecule has 0 spiro atoms. The zero-order valence-corrected chi connectivity index (χ0v) is 33.2. The molecule has 4 heterocycles. The molecule has 16 nitrogen and oxygen atoms in total. The van der Waals surface area contributed by atoms with E-state index in [9.17, 15) is 9.70 Å². The molecule has 0 aromatic carbocycles. The molecule has 18 heteroatoms. The van der Waals surface area contributed by atoms with Gasteiger partial charge in [0.15, 0.2) is 16.7 Å². The first kappa shape index (κ1) is 46.0. The molecule has 1 fully saturated rings. The fourth-order valence-electron chi connectivity index (χ4n) is 4.18. The molecule has 306 valence electrons. The molecule has 0 radical (unpaired) electrons. The topological polar surface area (TPSA) is 217 Å². The maximum absolute atomic E-state index is 12.7. The van der Waals surface area contributed by atoms with Crippen LogP contribution in [0, 0.1) is 117 Å². The van der Waals surface area contributed by atoms with Gasteiger partial charge in [0.05, 0.1) is 6.54 Å². The van der Waals surface area contributed by atoms with Gasteiger partial charge in [-0.1, -0.05) is 26.2 Å². The summed E-state index contributed by atoms with van der Waals surface area (Å²) in [5.41, 5.74) is 7.96. The number of aromatic nitrogens is 3. The van der Waals surface area contributed by atoms with Crippen LogP contribution >= 0.6 is 11.3 Å². The maximum Gasteiger partial charge on any atom is 0.274 e. The number of thiophene rings is 1. The van der Waals surface area contributed by atoms with Crippen LogP contribution in [0.25, 0.3) is 10.1 Å². The normalized spacial score (nSPS) is 10.7. The van der Waals surface area contributed by atoms with Gasteiger partial charge in [-0.3, -0.25) is 4.79 Å². The summed E-state index contributed by atoms with van der Waals surface area (Å²) in [7, 11) is 2.15. The van der Waals surface area contributed by atoms with E-state index in [1.807, 2.05) is 12.1 Å². The van der Waals surface area contributed by atoms with Crippen molar-refractivity contribution in [3.8, 4) is 107 Å². The highest BCUT2D eigenvalue weighted by molar-refractivity contribution is 7.51. The Kier molecular flexibility index (Phi) is 23.2. The largest absolute Gasteiger partial charge is 0.478 e. The third kappa shape index (κ3) is 20.4. The molecule has 0 unspecified atom stereocenters. The van der Waals surface area contributed by atoms with Crippen molar-refractivity contribution in [2.45, 2.75) is 33.2 Å². The first-order chi connectivity index (χ1) is 28.3. The summed E-state index contributed by atoms with van der Waals surface area (Å²) in [6.45, 7) is 6.83. The van der Waals surface area contributed by atoms with Crippen molar-refractivity contribution in [1.82, 2.24) is 30.7 Å². The molecule has 1 aliphatic heterocycles. The molecule has 3 aromatic heterocycles. The van der Waals surface area contributed by atoms with E-state index in [2.05, 4.69) is 184 Å². The Hall–Kier alpha value is -8.12. The molecule has 0 saturated carbocycles. The van der Waals surface area contributed by atoms with Gasteiger partial charge in [-0.25, -0.2) is 15.0 Å². The monoisotopic (exact) mass is 824 g/mol. The zero-order chi connectivity index (χ0) is 42.1. The smallest absolute Gasteiger partial charge is 0.274 e. The number of carbonyl (C=O) groups excluding carboxylic acids is 1. The molecular formula is C40H52N14O2S2. The van der Waals surface area contributed by atoms with E-state index in [1.165, 1.54) is 0 Å². The van der Waals surface area contributed by atoms with Gasteiger partial charge in [0.1, 0.15) is 11.0 Å². The highest BCUT2D eigenvalue weighted by Crippen LogP contribution is 2.28. The Morgan fingerprint density at radius 1 is 0.897 bits per heavy atom. The summed E-state index contributed by atoms with van der Waals surface area (Å²) in [4.78, 5) is 38.5. The Morgan fingerprint density at radius 3 is 1.97 bits per heavy atom. The van der Waals surface area contributed by atoms with E-state index < -0.39 is 0 Å². The van der Waals surface area contributed by atoms with Crippen LogP contribution in [0.4, 0.5) is 11.6 Å². The highest BCUT2D eigenvalue weighted by atomic mass is 32.1. The number of nitroso groups, excluding NO2 is 1. The van der Waals surface area contributed by atoms with Crippen molar-refractivity contribution in [3.05, 3.63) is 46.2 Å². The Bertz CT molecular complexity index is 2500. The van der Waals surface area contributed by atoms with Gasteiger partial charge in [0.2, 0.25) is 0 Å². The van der Waals surface area contributed by atoms with E-state index in [4.69, 9.17) is 5.73 Å². The standard InChI is InChI=1S/C20H25N7OS.C20H6.H3N7OS.9H2/c1-27-8-3-13(4-9-27)11-25-19-17(22-6-7-24-19)20(28)26-12-14-10-15-16(29-14)2-5-23-18(15)21;1-3-5-7-9-11-13-15-17-19-20-18-16-14-12-10-8-6-4-2;1-2-3-4-5-6-7(8)9;;;;;;;;;/h2,5-7,10,13H,3-4,8-9,11-12H2,1H3,(H2,21,23)(H,24,25)(H,26,28);1-2H3;(H2,1,3,5)(H,2,4,6,8,9);9*1H. The lowest BCUT2D eigenvalue weighted by Crippen LogP contribution is -2.33. The quantitative estimate of drug-likeness (QED) is 0.0485. The number of amides is 1. The van der Waals surface area contributed by atoms with Crippen LogP contribution in [0.2, 0.25) is 0 Å². The number of piperidine rings is 1. The van der Waals surface area contributed by atoms with Crippen LogP contribution in [0.1, 0.15) is 54.9 Å². The number of nitrogens with one attached hydrogen (secondary N) is 3. The predicted octanol–water partition coefficient (Wildman–Crippen LogP) is 4.96. The number of hydrazine groups is 1. The first-order valence-corrected chi connectivity index (χ1v) is 17.8. The van der Waals surface area contributed by atoms with Crippen LogP contribution in [0.15, 0.2) is 51.6 Å². The van der Waals surface area contributed by atoms with Crippen LogP contribution in [0.3, 0.4) is 0 Å². The van der Waals surface area contributed by atoms with Crippen molar-refractivity contribution in [3.63, 3.8) is 0 Å². The Morgan fingerprint density at radius 2 is 1.45 bits per heavy atom. The van der Waals surface area contributed by atoms with E-state index in [-0.39, 0.29) is 23.0 Å². The highest BCUT2D eigenvalue weighted by Gasteiger charge is 2.19. The summed E-state index contributed by atoms with van der Waals surface area (Å²) in [6.07, 6.45) is 7.14. The number of nitrogen functional groups attached to an aromatic ring is 1. The second-order valence-corrected chi connectivity index (χ2v) is 12.1. The second-order valence-electron chi connectivity index (χ2n) is 10.6. The van der Waals surface area contributed by atoms with Crippen LogP contribution in [-0.4, -0.2) is 56.7 Å². The predicted molar refractivity (Wildman–Crippen MR) is 244 cm³/mol. The number of likely N-dealkylation sites (tertiary alicyclic amines) is 1. The van der Waals surface area contributed by atoms with Gasteiger partial charge in [-0.15, -0.1) is 11.3 Å². The fraction of sp³-hybridized carbons (Fsp3) is 0.250. The minimum Gasteiger partial charge on any atom is -0.478 e. The van der Waals surface area contributed by atoms with Crippen LogP contribution < -0.4 is 27.7 Å². The zero-order valence-electron chi connectivity index (χ0n) is 31.5. The lowest BCUT2D eigenvalue weighted by molar-refractivity contribution is -0.444. The second kappa shape index (κ2) is 29.3. The number of rotatable bonds is 9. The number of nitrogens with two attached hydrogens (primary N) is 2. The Labute approximate surface area is 360 Å². The summed E-state index contributed by atoms with van der Waals surface area (Å²) in [5, 5.41) is 18.5. The average molecular weight is 825 g/mol. The van der Waals surface area contributed by atoms with Crippen molar-refractivity contribution in [1.29, 1.82) is 0 Å². The minimum atomic E-state index is -0.243. The van der Waals surface area contributed by atoms with Crippen molar-refractivity contribution < 1.29 is 21.9 Å². The third-order valence-corrected chi connectivity index (χ3v) is 7.89. The van der Waals surface area contributed by atoms with E-state index in [1.54, 1.807) is 49.3 Å². The number of carbonyl (C=O) groups is 1. The maximum atomic E-state index is 12.7. The molecule has 1 saturated heterocycles. The third-order valence-electron chi connectivity index (χ3n) is 6.71.